The molecule has 2 rings (SSSR count). The van der Waals surface area contributed by atoms with E-state index in [1.54, 1.807) is 12.1 Å². The highest BCUT2D eigenvalue weighted by atomic mass is 35.5. The van der Waals surface area contributed by atoms with E-state index < -0.39 is 11.9 Å². The van der Waals surface area contributed by atoms with Gasteiger partial charge in [-0.05, 0) is 24.3 Å². The highest BCUT2D eigenvalue weighted by Gasteiger charge is 2.31. The van der Waals surface area contributed by atoms with E-state index in [1.807, 2.05) is 0 Å². The van der Waals surface area contributed by atoms with E-state index in [-0.39, 0.29) is 0 Å². The van der Waals surface area contributed by atoms with Gasteiger partial charge in [-0.2, -0.15) is 13.2 Å². The van der Waals surface area contributed by atoms with Gasteiger partial charge in [-0.3, -0.25) is 0 Å². The number of anilines is 2. The molecule has 18 heavy (non-hydrogen) atoms. The van der Waals surface area contributed by atoms with Crippen molar-refractivity contribution in [3.63, 3.8) is 0 Å². The summed E-state index contributed by atoms with van der Waals surface area (Å²) in [6.45, 7) is 0. The summed E-state index contributed by atoms with van der Waals surface area (Å²) >= 11 is 5.85. The lowest BCUT2D eigenvalue weighted by Crippen LogP contribution is -2.07. The van der Waals surface area contributed by atoms with Crippen LogP contribution >= 0.6 is 11.6 Å². The van der Waals surface area contributed by atoms with Gasteiger partial charge in [0.2, 0.25) is 0 Å². The lowest BCUT2D eigenvalue weighted by Gasteiger charge is -2.08. The quantitative estimate of drug-likeness (QED) is 0.902. The van der Waals surface area contributed by atoms with Crippen molar-refractivity contribution in [3.8, 4) is 0 Å². The molecular formula is C11H7ClF3N3. The van der Waals surface area contributed by atoms with Crippen LogP contribution in [0, 0.1) is 0 Å². The van der Waals surface area contributed by atoms with E-state index in [0.29, 0.717) is 16.5 Å². The van der Waals surface area contributed by atoms with Crippen molar-refractivity contribution in [1.82, 2.24) is 9.97 Å². The predicted molar refractivity (Wildman–Crippen MR) is 61.8 cm³/mol. The molecule has 0 aromatic carbocycles. The van der Waals surface area contributed by atoms with Crippen LogP contribution in [0.5, 0.6) is 0 Å². The molecule has 0 aliphatic rings. The van der Waals surface area contributed by atoms with E-state index in [2.05, 4.69) is 15.3 Å². The van der Waals surface area contributed by atoms with Gasteiger partial charge < -0.3 is 5.32 Å². The largest absolute Gasteiger partial charge is 0.433 e. The third kappa shape index (κ3) is 2.89. The molecule has 0 fully saturated rings. The molecule has 2 aromatic rings. The van der Waals surface area contributed by atoms with Crippen molar-refractivity contribution in [1.29, 1.82) is 0 Å². The lowest BCUT2D eigenvalue weighted by molar-refractivity contribution is -0.141. The molecule has 0 amide bonds. The van der Waals surface area contributed by atoms with Gasteiger partial charge in [0.25, 0.3) is 0 Å². The van der Waals surface area contributed by atoms with Gasteiger partial charge in [0, 0.05) is 6.20 Å². The number of nitrogens with one attached hydrogen (secondary N) is 1. The van der Waals surface area contributed by atoms with Crippen molar-refractivity contribution < 1.29 is 13.2 Å². The maximum Gasteiger partial charge on any atom is 0.433 e. The molecule has 0 atom stereocenters. The van der Waals surface area contributed by atoms with Crippen LogP contribution in [0.3, 0.4) is 0 Å². The fourth-order valence-electron chi connectivity index (χ4n) is 1.25. The standard InChI is InChI=1S/C11H7ClF3N3/c12-8-2-1-5-16-10(8)18-7-3-4-9(17-6-7)11(13,14)15/h1-6H,(H,16,18). The van der Waals surface area contributed by atoms with Crippen molar-refractivity contribution >= 4 is 23.1 Å². The zero-order valence-electron chi connectivity index (χ0n) is 8.87. The Morgan fingerprint density at radius 1 is 1.11 bits per heavy atom. The van der Waals surface area contributed by atoms with Gasteiger partial charge in [0.1, 0.15) is 11.5 Å². The Hall–Kier alpha value is -1.82. The Bertz CT molecular complexity index is 540. The molecule has 0 saturated heterocycles. The molecule has 0 aliphatic carbocycles. The number of pyridine rings is 2. The van der Waals surface area contributed by atoms with Gasteiger partial charge in [-0.1, -0.05) is 11.6 Å². The van der Waals surface area contributed by atoms with Crippen LogP contribution < -0.4 is 5.32 Å². The summed E-state index contributed by atoms with van der Waals surface area (Å²) in [7, 11) is 0. The summed E-state index contributed by atoms with van der Waals surface area (Å²) in [5.74, 6) is 0.362. The normalized spacial score (nSPS) is 11.3. The summed E-state index contributed by atoms with van der Waals surface area (Å²) in [6, 6.07) is 5.42. The van der Waals surface area contributed by atoms with E-state index in [1.165, 1.54) is 12.3 Å². The second kappa shape index (κ2) is 4.81. The van der Waals surface area contributed by atoms with Crippen LogP contribution in [0.15, 0.2) is 36.7 Å². The highest BCUT2D eigenvalue weighted by Crippen LogP contribution is 2.28. The van der Waals surface area contributed by atoms with Crippen LogP contribution in [-0.2, 0) is 6.18 Å². The fraction of sp³-hybridized carbons (Fsp3) is 0.0909. The smallest absolute Gasteiger partial charge is 0.338 e. The SMILES string of the molecule is FC(F)(F)c1ccc(Nc2ncccc2Cl)cn1. The van der Waals surface area contributed by atoms with E-state index in [0.717, 1.165) is 12.3 Å². The monoisotopic (exact) mass is 273 g/mol. The minimum atomic E-state index is -4.44. The van der Waals surface area contributed by atoms with Crippen molar-refractivity contribution in [2.75, 3.05) is 5.32 Å². The summed E-state index contributed by atoms with van der Waals surface area (Å²) in [5, 5.41) is 3.15. The molecule has 0 bridgehead atoms. The number of aromatic nitrogens is 2. The number of rotatable bonds is 2. The Labute approximate surface area is 106 Å². The van der Waals surface area contributed by atoms with Crippen molar-refractivity contribution in [3.05, 3.63) is 47.4 Å². The molecule has 2 heterocycles. The molecule has 0 radical (unpaired) electrons. The van der Waals surface area contributed by atoms with E-state index in [9.17, 15) is 13.2 Å². The second-order valence-electron chi connectivity index (χ2n) is 3.39. The summed E-state index contributed by atoms with van der Waals surface area (Å²) in [4.78, 5) is 7.27. The first-order valence-electron chi connectivity index (χ1n) is 4.87. The van der Waals surface area contributed by atoms with E-state index in [4.69, 9.17) is 11.6 Å². The van der Waals surface area contributed by atoms with Crippen LogP contribution in [0.25, 0.3) is 0 Å². The predicted octanol–water partition coefficient (Wildman–Crippen LogP) is 3.89. The number of nitrogens with zero attached hydrogens (tertiary/aromatic N) is 2. The first kappa shape index (κ1) is 12.6. The van der Waals surface area contributed by atoms with Crippen LogP contribution in [0.2, 0.25) is 5.02 Å². The second-order valence-corrected chi connectivity index (χ2v) is 3.80. The summed E-state index contributed by atoms with van der Waals surface area (Å²) in [5.41, 5.74) is -0.566. The first-order valence-corrected chi connectivity index (χ1v) is 5.25. The van der Waals surface area contributed by atoms with Gasteiger partial charge in [-0.25, -0.2) is 9.97 Å². The molecule has 0 unspecified atom stereocenters. The fourth-order valence-corrected chi connectivity index (χ4v) is 1.42. The average molecular weight is 274 g/mol. The maximum atomic E-state index is 12.3. The number of alkyl halides is 3. The Morgan fingerprint density at radius 3 is 2.44 bits per heavy atom. The Morgan fingerprint density at radius 2 is 1.89 bits per heavy atom. The van der Waals surface area contributed by atoms with Gasteiger partial charge in [0.05, 0.1) is 16.9 Å². The van der Waals surface area contributed by atoms with Crippen molar-refractivity contribution in [2.24, 2.45) is 0 Å². The molecule has 1 N–H and O–H groups in total. The molecule has 0 saturated carbocycles. The zero-order chi connectivity index (χ0) is 13.2. The van der Waals surface area contributed by atoms with Gasteiger partial charge >= 0.3 is 6.18 Å². The highest BCUT2D eigenvalue weighted by molar-refractivity contribution is 6.33. The number of halogens is 4. The van der Waals surface area contributed by atoms with Crippen LogP contribution in [0.1, 0.15) is 5.69 Å². The molecule has 0 spiro atoms. The van der Waals surface area contributed by atoms with Crippen molar-refractivity contribution in [2.45, 2.75) is 6.18 Å². The molecular weight excluding hydrogens is 267 g/mol. The molecule has 7 heteroatoms. The third-order valence-corrected chi connectivity index (χ3v) is 2.38. The topological polar surface area (TPSA) is 37.8 Å². The Kier molecular flexibility index (Phi) is 3.38. The molecule has 2 aromatic heterocycles. The summed E-state index contributed by atoms with van der Waals surface area (Å²) < 4.78 is 36.9. The minimum Gasteiger partial charge on any atom is -0.338 e. The lowest BCUT2D eigenvalue weighted by atomic mass is 10.3. The van der Waals surface area contributed by atoms with Crippen LogP contribution in [0.4, 0.5) is 24.7 Å². The Balaban J connectivity index is 2.19. The van der Waals surface area contributed by atoms with E-state index >= 15 is 0 Å². The zero-order valence-corrected chi connectivity index (χ0v) is 9.63. The summed E-state index contributed by atoms with van der Waals surface area (Å²) in [6.07, 6.45) is -1.85. The number of hydrogen-bond acceptors (Lipinski definition) is 3. The first-order chi connectivity index (χ1) is 8.47. The average Bonchev–Trinajstić information content (AvgIpc) is 2.32. The van der Waals surface area contributed by atoms with Gasteiger partial charge in [0.15, 0.2) is 0 Å². The van der Waals surface area contributed by atoms with Crippen LogP contribution in [-0.4, -0.2) is 9.97 Å². The minimum absolute atomic E-state index is 0.362. The maximum absolute atomic E-state index is 12.3. The third-order valence-electron chi connectivity index (χ3n) is 2.08. The molecule has 0 aliphatic heterocycles. The molecule has 94 valence electrons. The number of hydrogen-bond donors (Lipinski definition) is 1. The van der Waals surface area contributed by atoms with Gasteiger partial charge in [-0.15, -0.1) is 0 Å². The molecule has 3 nitrogen and oxygen atoms in total.